The van der Waals surface area contributed by atoms with Gasteiger partial charge in [0.2, 0.25) is 11.9 Å². The summed E-state index contributed by atoms with van der Waals surface area (Å²) in [6.07, 6.45) is 5.77. The highest BCUT2D eigenvalue weighted by atomic mass is 19.1. The van der Waals surface area contributed by atoms with Gasteiger partial charge in [-0.1, -0.05) is 36.4 Å². The molecule has 7 nitrogen and oxygen atoms in total. The molecule has 3 heterocycles. The third kappa shape index (κ3) is 6.15. The number of anilines is 2. The van der Waals surface area contributed by atoms with Crippen molar-refractivity contribution >= 4 is 22.9 Å². The lowest BCUT2D eigenvalue weighted by Crippen LogP contribution is -2.41. The van der Waals surface area contributed by atoms with Crippen LogP contribution in [0.1, 0.15) is 24.0 Å². The predicted octanol–water partition coefficient (Wildman–Crippen LogP) is 5.60. The minimum Gasteiger partial charge on any atom is -0.354 e. The maximum absolute atomic E-state index is 13.4. The Hall–Kier alpha value is -4.24. The zero-order chi connectivity index (χ0) is 27.3. The number of fused-ring (bicyclic) bond motifs is 1. The van der Waals surface area contributed by atoms with Crippen LogP contribution in [-0.2, 0) is 13.1 Å². The molecule has 1 saturated heterocycles. The van der Waals surface area contributed by atoms with Gasteiger partial charge in [0.05, 0.1) is 24.1 Å². The van der Waals surface area contributed by atoms with Gasteiger partial charge in [-0.15, -0.1) is 0 Å². The average molecular weight is 542 g/mol. The first-order valence-electron chi connectivity index (χ1n) is 13.8. The summed E-state index contributed by atoms with van der Waals surface area (Å²) < 4.78 is 30.9. The third-order valence-electron chi connectivity index (χ3n) is 7.52. The number of halogens is 2. The van der Waals surface area contributed by atoms with Gasteiger partial charge < -0.3 is 24.7 Å². The number of aromatic nitrogens is 4. The molecule has 5 aromatic rings. The monoisotopic (exact) mass is 541 g/mol. The third-order valence-corrected chi connectivity index (χ3v) is 7.52. The van der Waals surface area contributed by atoms with Gasteiger partial charge in [-0.3, -0.25) is 0 Å². The van der Waals surface area contributed by atoms with Crippen LogP contribution in [0.3, 0.4) is 0 Å². The Labute approximate surface area is 232 Å². The molecular formula is C31H33F2N7. The molecule has 3 aromatic carbocycles. The van der Waals surface area contributed by atoms with Gasteiger partial charge in [0.25, 0.3) is 0 Å². The second-order valence-corrected chi connectivity index (χ2v) is 10.3. The van der Waals surface area contributed by atoms with Crippen LogP contribution in [0.2, 0.25) is 0 Å². The van der Waals surface area contributed by atoms with Crippen LogP contribution in [-0.4, -0.2) is 56.2 Å². The zero-order valence-electron chi connectivity index (χ0n) is 22.3. The summed E-state index contributed by atoms with van der Waals surface area (Å²) in [7, 11) is 0. The Morgan fingerprint density at radius 2 is 1.48 bits per heavy atom. The highest BCUT2D eigenvalue weighted by Crippen LogP contribution is 2.24. The van der Waals surface area contributed by atoms with Gasteiger partial charge in [-0.25, -0.2) is 18.7 Å². The van der Waals surface area contributed by atoms with Crippen molar-refractivity contribution in [2.45, 2.75) is 32.0 Å². The molecule has 2 N–H and O–H groups in total. The minimum absolute atomic E-state index is 0.227. The number of nitrogens with zero attached hydrogens (tertiary/aromatic N) is 5. The van der Waals surface area contributed by atoms with E-state index in [1.54, 1.807) is 18.3 Å². The maximum atomic E-state index is 13.4. The number of hydrogen-bond acceptors (Lipinski definition) is 5. The number of hydrogen-bond donors (Lipinski definition) is 2. The lowest BCUT2D eigenvalue weighted by molar-refractivity contribution is 0.226. The van der Waals surface area contributed by atoms with Crippen molar-refractivity contribution in [3.05, 3.63) is 108 Å². The summed E-state index contributed by atoms with van der Waals surface area (Å²) in [5.41, 5.74) is 4.08. The molecule has 40 heavy (non-hydrogen) atoms. The maximum Gasteiger partial charge on any atom is 0.204 e. The molecule has 1 fully saturated rings. The molecule has 0 bridgehead atoms. The fraction of sp³-hybridized carbons (Fsp3) is 0.290. The number of imidazole rings is 2. The van der Waals surface area contributed by atoms with Crippen LogP contribution in [0, 0.1) is 11.6 Å². The van der Waals surface area contributed by atoms with Gasteiger partial charge in [0, 0.05) is 44.6 Å². The number of benzene rings is 3. The van der Waals surface area contributed by atoms with Gasteiger partial charge in [-0.05, 0) is 60.4 Å². The summed E-state index contributed by atoms with van der Waals surface area (Å²) in [4.78, 5) is 11.8. The predicted molar refractivity (Wildman–Crippen MR) is 155 cm³/mol. The molecule has 0 unspecified atom stereocenters. The van der Waals surface area contributed by atoms with Crippen molar-refractivity contribution in [2.75, 3.05) is 36.8 Å². The number of likely N-dealkylation sites (tertiary alicyclic amines) is 1. The van der Waals surface area contributed by atoms with E-state index in [1.807, 2.05) is 41.1 Å². The molecule has 0 amide bonds. The Kier molecular flexibility index (Phi) is 7.72. The van der Waals surface area contributed by atoms with E-state index in [-0.39, 0.29) is 11.6 Å². The topological polar surface area (TPSA) is 62.9 Å². The summed E-state index contributed by atoms with van der Waals surface area (Å²) in [6, 6.07) is 21.7. The Bertz CT molecular complexity index is 1530. The number of piperidine rings is 1. The summed E-state index contributed by atoms with van der Waals surface area (Å²) in [5, 5.41) is 7.16. The molecule has 0 saturated carbocycles. The van der Waals surface area contributed by atoms with Crippen LogP contribution in [0.25, 0.3) is 11.0 Å². The largest absolute Gasteiger partial charge is 0.354 e. The molecule has 1 aliphatic rings. The van der Waals surface area contributed by atoms with Crippen molar-refractivity contribution in [1.82, 2.24) is 24.0 Å². The van der Waals surface area contributed by atoms with E-state index < -0.39 is 0 Å². The summed E-state index contributed by atoms with van der Waals surface area (Å²) >= 11 is 0. The normalized spacial score (nSPS) is 14.6. The quantitative estimate of drug-likeness (QED) is 0.241. The first-order valence-corrected chi connectivity index (χ1v) is 13.8. The SMILES string of the molecule is Fc1ccc(Cn2ccnc2NCCN2CCC(Nc3nc4ccccc4n3Cc3ccc(F)cc3)CC2)cc1. The highest BCUT2D eigenvalue weighted by Gasteiger charge is 2.21. The summed E-state index contributed by atoms with van der Waals surface area (Å²) in [6.45, 7) is 5.00. The Morgan fingerprint density at radius 3 is 2.20 bits per heavy atom. The van der Waals surface area contributed by atoms with Crippen molar-refractivity contribution in [1.29, 1.82) is 0 Å². The van der Waals surface area contributed by atoms with Gasteiger partial charge >= 0.3 is 0 Å². The number of rotatable bonds is 10. The smallest absolute Gasteiger partial charge is 0.204 e. The fourth-order valence-electron chi connectivity index (χ4n) is 5.32. The van der Waals surface area contributed by atoms with E-state index >= 15 is 0 Å². The molecule has 206 valence electrons. The second-order valence-electron chi connectivity index (χ2n) is 10.3. The average Bonchev–Trinajstić information content (AvgIpc) is 3.56. The first kappa shape index (κ1) is 26.0. The van der Waals surface area contributed by atoms with Crippen molar-refractivity contribution in [3.8, 4) is 0 Å². The molecule has 0 atom stereocenters. The minimum atomic E-state index is -0.227. The molecule has 9 heteroatoms. The molecule has 1 aliphatic heterocycles. The molecule has 0 aliphatic carbocycles. The first-order chi connectivity index (χ1) is 19.6. The van der Waals surface area contributed by atoms with Gasteiger partial charge in [0.15, 0.2) is 0 Å². The standard InChI is InChI=1S/C31H33F2N7/c32-25-9-5-23(6-10-25)21-39-20-16-35-30(39)34-15-19-38-17-13-27(14-18-38)36-31-37-28-3-1-2-4-29(28)40(31)22-24-7-11-26(33)12-8-24/h1-12,16,20,27H,13-15,17-19,21-22H2,(H,34,35)(H,36,37). The van der Waals surface area contributed by atoms with Crippen LogP contribution in [0.4, 0.5) is 20.7 Å². The van der Waals surface area contributed by atoms with Crippen LogP contribution < -0.4 is 10.6 Å². The molecule has 0 radical (unpaired) electrons. The van der Waals surface area contributed by atoms with E-state index in [4.69, 9.17) is 4.98 Å². The highest BCUT2D eigenvalue weighted by molar-refractivity contribution is 5.78. The van der Waals surface area contributed by atoms with Crippen molar-refractivity contribution in [2.24, 2.45) is 0 Å². The van der Waals surface area contributed by atoms with E-state index in [1.165, 1.54) is 24.3 Å². The number of nitrogens with one attached hydrogen (secondary N) is 2. The van der Waals surface area contributed by atoms with E-state index in [9.17, 15) is 8.78 Å². The van der Waals surface area contributed by atoms with Gasteiger partial charge in [-0.2, -0.15) is 0 Å². The molecule has 0 spiro atoms. The van der Waals surface area contributed by atoms with Crippen molar-refractivity contribution < 1.29 is 8.78 Å². The zero-order valence-corrected chi connectivity index (χ0v) is 22.3. The van der Waals surface area contributed by atoms with Crippen LogP contribution in [0.15, 0.2) is 85.2 Å². The lowest BCUT2D eigenvalue weighted by Gasteiger charge is -2.32. The summed E-state index contributed by atoms with van der Waals surface area (Å²) in [5.74, 6) is 1.23. The number of para-hydroxylation sites is 2. The van der Waals surface area contributed by atoms with Crippen LogP contribution in [0.5, 0.6) is 0 Å². The molecule has 6 rings (SSSR count). The second kappa shape index (κ2) is 11.9. The fourth-order valence-corrected chi connectivity index (χ4v) is 5.32. The Balaban J connectivity index is 1.02. The lowest BCUT2D eigenvalue weighted by atomic mass is 10.1. The van der Waals surface area contributed by atoms with E-state index in [0.29, 0.717) is 19.1 Å². The van der Waals surface area contributed by atoms with Crippen LogP contribution >= 0.6 is 0 Å². The van der Waals surface area contributed by atoms with E-state index in [2.05, 4.69) is 31.2 Å². The van der Waals surface area contributed by atoms with Crippen molar-refractivity contribution in [3.63, 3.8) is 0 Å². The van der Waals surface area contributed by atoms with Gasteiger partial charge in [0.1, 0.15) is 11.6 Å². The molecular weight excluding hydrogens is 508 g/mol. The van der Waals surface area contributed by atoms with E-state index in [0.717, 1.165) is 73.1 Å². The Morgan fingerprint density at radius 1 is 0.800 bits per heavy atom. The molecule has 2 aromatic heterocycles.